The van der Waals surface area contributed by atoms with Crippen LogP contribution in [0.3, 0.4) is 0 Å². The van der Waals surface area contributed by atoms with Gasteiger partial charge in [-0.25, -0.2) is 17.6 Å². The van der Waals surface area contributed by atoms with Gasteiger partial charge in [-0.1, -0.05) is 0 Å². The molecule has 0 bridgehead atoms. The maximum Gasteiger partial charge on any atom is 0.460 e. The van der Waals surface area contributed by atoms with Crippen LogP contribution in [0.25, 0.3) is 0 Å². The van der Waals surface area contributed by atoms with E-state index < -0.39 is 77.5 Å². The lowest BCUT2D eigenvalue weighted by molar-refractivity contribution is -0.438. The van der Waals surface area contributed by atoms with Gasteiger partial charge in [0.25, 0.3) is 0 Å². The zero-order valence-electron chi connectivity index (χ0n) is 17.1. The second-order valence-electron chi connectivity index (χ2n) is 7.31. The SMILES string of the molecule is FC(F)(F)C(F)(F)C(F)(F)C(F)(F)C(F)(F)C(F)(F)[Si](Cl)(Cl)C(F)(F)C(F)(F)C(F)(F)C(F)(F)C(F)(F)C(F)(F)F. The van der Waals surface area contributed by atoms with Crippen LogP contribution in [0.5, 0.6) is 0 Å². The Morgan fingerprint density at radius 3 is 0.537 bits per heavy atom. The molecule has 0 heterocycles. The highest BCUT2D eigenvalue weighted by molar-refractivity contribution is 7.47. The van der Waals surface area contributed by atoms with Gasteiger partial charge in [0, 0.05) is 0 Å². The van der Waals surface area contributed by atoms with Crippen LogP contribution >= 0.6 is 22.2 Å². The summed E-state index contributed by atoms with van der Waals surface area (Å²) < 4.78 is 340. The molecule has 248 valence electrons. The average molecular weight is 737 g/mol. The fourth-order valence-corrected chi connectivity index (χ4v) is 5.05. The van der Waals surface area contributed by atoms with Crippen molar-refractivity contribution in [1.82, 2.24) is 0 Å². The molecule has 0 aromatic heterocycles. The third-order valence-electron chi connectivity index (χ3n) is 4.66. The molecule has 0 rings (SSSR count). The lowest BCUT2D eigenvalue weighted by atomic mass is 9.98. The zero-order chi connectivity index (χ0) is 34.5. The Morgan fingerprint density at radius 2 is 0.390 bits per heavy atom. The fraction of sp³-hybridized carbons (Fsp3) is 1.00. The van der Waals surface area contributed by atoms with Crippen molar-refractivity contribution in [1.29, 1.82) is 0 Å². The number of hydrogen-bond acceptors (Lipinski definition) is 0. The topological polar surface area (TPSA) is 0 Å². The Labute approximate surface area is 214 Å². The second kappa shape index (κ2) is 9.49. The number of halogens is 28. The molecule has 0 aliphatic carbocycles. The van der Waals surface area contributed by atoms with E-state index in [2.05, 4.69) is 22.2 Å². The molecule has 0 aliphatic heterocycles. The molecule has 0 radical (unpaired) electrons. The van der Waals surface area contributed by atoms with Gasteiger partial charge < -0.3 is 0 Å². The first-order valence-electron chi connectivity index (χ1n) is 8.29. The molecule has 0 fully saturated rings. The van der Waals surface area contributed by atoms with Crippen molar-refractivity contribution in [2.45, 2.75) is 70.8 Å². The summed E-state index contributed by atoms with van der Waals surface area (Å²) in [7, 11) is 0. The lowest BCUT2D eigenvalue weighted by Gasteiger charge is -2.46. The summed E-state index contributed by atoms with van der Waals surface area (Å²) in [6.07, 6.45) is -16.2. The minimum atomic E-state index is -9.92. The van der Waals surface area contributed by atoms with Crippen molar-refractivity contribution in [3.63, 3.8) is 0 Å². The first kappa shape index (κ1) is 40.0. The van der Waals surface area contributed by atoms with Gasteiger partial charge in [-0.2, -0.15) is 96.6 Å². The van der Waals surface area contributed by atoms with Crippen LogP contribution in [-0.2, 0) is 0 Å². The normalized spacial score (nSPS) is 17.3. The molecule has 0 N–H and O–H groups in total. The van der Waals surface area contributed by atoms with Gasteiger partial charge in [-0.05, 0) is 0 Å². The Hall–Kier alpha value is -1.02. The van der Waals surface area contributed by atoms with E-state index in [1.807, 2.05) is 0 Å². The molecular formula is C12Cl2F26Si. The molecule has 41 heavy (non-hydrogen) atoms. The summed E-state index contributed by atoms with van der Waals surface area (Å²) in [6, 6.07) is 0. The largest absolute Gasteiger partial charge is 0.460 e. The first-order chi connectivity index (χ1) is 17.0. The van der Waals surface area contributed by atoms with E-state index in [1.165, 1.54) is 0 Å². The molecule has 29 heteroatoms. The van der Waals surface area contributed by atoms with Crippen LogP contribution in [-0.4, -0.2) is 77.5 Å². The van der Waals surface area contributed by atoms with E-state index in [0.29, 0.717) is 0 Å². The van der Waals surface area contributed by atoms with Crippen molar-refractivity contribution < 1.29 is 114 Å². The highest BCUT2D eigenvalue weighted by Gasteiger charge is 2.99. The van der Waals surface area contributed by atoms with E-state index in [0.717, 1.165) is 0 Å². The van der Waals surface area contributed by atoms with Crippen LogP contribution in [0, 0.1) is 0 Å². The Kier molecular flexibility index (Phi) is 9.25. The highest BCUT2D eigenvalue weighted by atomic mass is 35.7. The van der Waals surface area contributed by atoms with Crippen molar-refractivity contribution in [2.75, 3.05) is 0 Å². The van der Waals surface area contributed by atoms with Crippen molar-refractivity contribution >= 4 is 28.9 Å². The molecular weight excluding hydrogens is 737 g/mol. The van der Waals surface area contributed by atoms with Gasteiger partial charge in [0.1, 0.15) is 0 Å². The molecule has 0 saturated carbocycles. The quantitative estimate of drug-likeness (QED) is 0.119. The summed E-state index contributed by atoms with van der Waals surface area (Å²) in [5.74, 6) is -71.6. The third kappa shape index (κ3) is 4.66. The van der Waals surface area contributed by atoms with Gasteiger partial charge in [0.15, 0.2) is 0 Å². The Balaban J connectivity index is 7.41. The minimum Gasteiger partial charge on any atom is -0.201 e. The van der Waals surface area contributed by atoms with Crippen LogP contribution in [0.2, 0.25) is 0 Å². The second-order valence-corrected chi connectivity index (χ2v) is 13.7. The summed E-state index contributed by atoms with van der Waals surface area (Å²) in [4.78, 5) is 0. The van der Waals surface area contributed by atoms with E-state index in [1.54, 1.807) is 0 Å². The standard InChI is InChI=1S/C12Cl2F26Si/c13-41(14,11(37,38)7(27,28)3(19,20)1(15,16)5(23,24)9(31,32)33)12(39,40)8(29,30)4(21,22)2(17,18)6(25,26)10(34,35)36. The van der Waals surface area contributed by atoms with E-state index in [-0.39, 0.29) is 0 Å². The molecule has 0 spiro atoms. The smallest absolute Gasteiger partial charge is 0.201 e. The van der Waals surface area contributed by atoms with Gasteiger partial charge in [0.05, 0.1) is 0 Å². The average Bonchev–Trinajstić information content (AvgIpc) is 2.70. The zero-order valence-corrected chi connectivity index (χ0v) is 19.6. The van der Waals surface area contributed by atoms with Gasteiger partial charge in [-0.15, -0.1) is 22.2 Å². The lowest BCUT2D eigenvalue weighted by Crippen LogP contribution is -2.80. The minimum absolute atomic E-state index is 3.68. The van der Waals surface area contributed by atoms with Crippen LogP contribution in [0.4, 0.5) is 114 Å². The van der Waals surface area contributed by atoms with E-state index in [4.69, 9.17) is 0 Å². The summed E-state index contributed by atoms with van der Waals surface area (Å²) in [5.41, 5.74) is -17.6. The monoisotopic (exact) mass is 736 g/mol. The summed E-state index contributed by atoms with van der Waals surface area (Å²) in [6.45, 7) is -9.92. The molecule has 0 saturated heterocycles. The van der Waals surface area contributed by atoms with Crippen molar-refractivity contribution in [3.05, 3.63) is 0 Å². The highest BCUT2D eigenvalue weighted by Crippen LogP contribution is 2.68. The molecule has 0 amide bonds. The first-order valence-corrected chi connectivity index (χ1v) is 12.3. The predicted octanol–water partition coefficient (Wildman–Crippen LogP) is 9.46. The van der Waals surface area contributed by atoms with Gasteiger partial charge in [-0.3, -0.25) is 0 Å². The predicted molar refractivity (Wildman–Crippen MR) is 79.0 cm³/mol. The number of hydrogen-bond donors (Lipinski definition) is 0. The maximum atomic E-state index is 14.0. The molecule has 0 nitrogen and oxygen atoms in total. The molecule has 0 atom stereocenters. The van der Waals surface area contributed by atoms with Crippen molar-refractivity contribution in [2.24, 2.45) is 0 Å². The van der Waals surface area contributed by atoms with Gasteiger partial charge in [0.2, 0.25) is 0 Å². The third-order valence-corrected chi connectivity index (χ3v) is 9.71. The van der Waals surface area contributed by atoms with E-state index >= 15 is 0 Å². The summed E-state index contributed by atoms with van der Waals surface area (Å²) >= 11 is 7.36. The van der Waals surface area contributed by atoms with E-state index in [9.17, 15) is 114 Å². The maximum absolute atomic E-state index is 14.0. The Bertz CT molecular complexity index is 894. The number of alkyl halides is 26. The number of rotatable bonds is 10. The van der Waals surface area contributed by atoms with Gasteiger partial charge >= 0.3 is 77.5 Å². The van der Waals surface area contributed by atoms with Crippen LogP contribution in [0.15, 0.2) is 0 Å². The van der Waals surface area contributed by atoms with Crippen LogP contribution < -0.4 is 0 Å². The Morgan fingerprint density at radius 1 is 0.244 bits per heavy atom. The molecule has 0 aromatic rings. The molecule has 0 aromatic carbocycles. The fourth-order valence-electron chi connectivity index (χ4n) is 2.13. The molecule has 0 aliphatic rings. The van der Waals surface area contributed by atoms with Crippen LogP contribution in [0.1, 0.15) is 0 Å². The van der Waals surface area contributed by atoms with Crippen molar-refractivity contribution in [3.8, 4) is 0 Å². The summed E-state index contributed by atoms with van der Waals surface area (Å²) in [5, 5.41) is 0. The molecule has 0 unspecified atom stereocenters.